The van der Waals surface area contributed by atoms with Crippen LogP contribution in [0.5, 0.6) is 0 Å². The van der Waals surface area contributed by atoms with Crippen LogP contribution in [-0.4, -0.2) is 26.2 Å². The van der Waals surface area contributed by atoms with E-state index in [1.54, 1.807) is 0 Å². The maximum Gasteiger partial charge on any atom is 0.00744 e. The van der Waals surface area contributed by atoms with Crippen molar-refractivity contribution in [2.45, 2.75) is 53.4 Å². The van der Waals surface area contributed by atoms with E-state index in [4.69, 9.17) is 11.5 Å². The van der Waals surface area contributed by atoms with Crippen LogP contribution in [0, 0.1) is 0 Å². The van der Waals surface area contributed by atoms with Gasteiger partial charge in [0.2, 0.25) is 0 Å². The molecule has 0 bridgehead atoms. The van der Waals surface area contributed by atoms with Crippen molar-refractivity contribution in [3.63, 3.8) is 0 Å². The Bertz CT molecular complexity index is 55.9. The molecule has 0 atom stereocenters. The molecule has 0 saturated heterocycles. The maximum absolute atomic E-state index is 5.21. The molecule has 0 aliphatic rings. The summed E-state index contributed by atoms with van der Waals surface area (Å²) in [5.74, 6) is 0. The molecule has 96 valence electrons. The molecule has 0 aromatic carbocycles. The van der Waals surface area contributed by atoms with Crippen LogP contribution in [0.1, 0.15) is 53.4 Å². The van der Waals surface area contributed by atoms with Crippen molar-refractivity contribution in [3.8, 4) is 0 Å². The standard InChI is InChI=1S/C5H14N2.C4H10.C3H9N/c1-2-4-7-5-3-6;1-3-4-2;1-2-3-4/h7H,2-6H2,1H3;3-4H2,1-2H3;2-4H2,1H3. The monoisotopic (exact) mass is 219 g/mol. The molecule has 0 aliphatic heterocycles. The summed E-state index contributed by atoms with van der Waals surface area (Å²) in [7, 11) is 0. The largest absolute Gasteiger partial charge is 0.330 e. The van der Waals surface area contributed by atoms with Gasteiger partial charge in [0, 0.05) is 13.1 Å². The number of hydrogen-bond donors (Lipinski definition) is 3. The highest BCUT2D eigenvalue weighted by atomic mass is 14.9. The second-order valence-corrected chi connectivity index (χ2v) is 3.33. The molecule has 0 heterocycles. The first kappa shape index (κ1) is 20.3. The van der Waals surface area contributed by atoms with Gasteiger partial charge in [-0.05, 0) is 25.9 Å². The maximum atomic E-state index is 5.21. The third-order valence-electron chi connectivity index (χ3n) is 1.54. The van der Waals surface area contributed by atoms with Gasteiger partial charge in [0.05, 0.1) is 0 Å². The van der Waals surface area contributed by atoms with Gasteiger partial charge >= 0.3 is 0 Å². The van der Waals surface area contributed by atoms with E-state index in [1.165, 1.54) is 19.3 Å². The summed E-state index contributed by atoms with van der Waals surface area (Å²) < 4.78 is 0. The van der Waals surface area contributed by atoms with Crippen LogP contribution in [0.3, 0.4) is 0 Å². The lowest BCUT2D eigenvalue weighted by atomic mass is 10.4. The van der Waals surface area contributed by atoms with E-state index < -0.39 is 0 Å². The van der Waals surface area contributed by atoms with E-state index in [2.05, 4.69) is 33.0 Å². The average Bonchev–Trinajstić information content (AvgIpc) is 2.30. The zero-order chi connectivity index (χ0) is 12.4. The van der Waals surface area contributed by atoms with Gasteiger partial charge in [0.15, 0.2) is 0 Å². The molecule has 0 aromatic rings. The minimum absolute atomic E-state index is 0.750. The number of rotatable bonds is 6. The van der Waals surface area contributed by atoms with Gasteiger partial charge in [-0.3, -0.25) is 0 Å². The summed E-state index contributed by atoms with van der Waals surface area (Å²) in [5, 5.41) is 3.16. The van der Waals surface area contributed by atoms with Gasteiger partial charge in [0.1, 0.15) is 0 Å². The van der Waals surface area contributed by atoms with Gasteiger partial charge in [0.25, 0.3) is 0 Å². The fraction of sp³-hybridized carbons (Fsp3) is 1.00. The number of unbranched alkanes of at least 4 members (excludes halogenated alkanes) is 1. The Morgan fingerprint density at radius 3 is 1.33 bits per heavy atom. The van der Waals surface area contributed by atoms with E-state index in [1.807, 2.05) is 0 Å². The second kappa shape index (κ2) is 29.2. The fourth-order valence-electron chi connectivity index (χ4n) is 0.404. The van der Waals surface area contributed by atoms with Crippen LogP contribution < -0.4 is 16.8 Å². The normalized spacial score (nSPS) is 8.40. The lowest BCUT2D eigenvalue weighted by Crippen LogP contribution is -2.22. The summed E-state index contributed by atoms with van der Waals surface area (Å²) >= 11 is 0. The Hall–Kier alpha value is -0.120. The lowest BCUT2D eigenvalue weighted by Gasteiger charge is -1.95. The first-order valence-electron chi connectivity index (χ1n) is 6.35. The highest BCUT2D eigenvalue weighted by Gasteiger charge is 1.76. The smallest absolute Gasteiger partial charge is 0.00744 e. The van der Waals surface area contributed by atoms with E-state index in [0.29, 0.717) is 0 Å². The van der Waals surface area contributed by atoms with Crippen molar-refractivity contribution >= 4 is 0 Å². The van der Waals surface area contributed by atoms with Crippen LogP contribution in [0.15, 0.2) is 0 Å². The molecule has 15 heavy (non-hydrogen) atoms. The molecule has 5 N–H and O–H groups in total. The molecule has 0 aromatic heterocycles. The van der Waals surface area contributed by atoms with E-state index >= 15 is 0 Å². The van der Waals surface area contributed by atoms with Crippen molar-refractivity contribution in [1.82, 2.24) is 5.32 Å². The Morgan fingerprint density at radius 2 is 1.13 bits per heavy atom. The van der Waals surface area contributed by atoms with Crippen LogP contribution in [0.2, 0.25) is 0 Å². The minimum Gasteiger partial charge on any atom is -0.330 e. The van der Waals surface area contributed by atoms with Crippen molar-refractivity contribution in [2.75, 3.05) is 26.2 Å². The number of nitrogens with one attached hydrogen (secondary N) is 1. The predicted octanol–water partition coefficient (Wildman–Crippen LogP) is 2.11. The molecular formula is C12H33N3. The zero-order valence-electron chi connectivity index (χ0n) is 11.3. The molecular weight excluding hydrogens is 186 g/mol. The fourth-order valence-corrected chi connectivity index (χ4v) is 0.404. The van der Waals surface area contributed by atoms with Crippen molar-refractivity contribution < 1.29 is 0 Å². The molecule has 0 aliphatic carbocycles. The van der Waals surface area contributed by atoms with Crippen LogP contribution in [-0.2, 0) is 0 Å². The molecule has 3 nitrogen and oxygen atoms in total. The highest BCUT2D eigenvalue weighted by molar-refractivity contribution is 4.42. The van der Waals surface area contributed by atoms with Gasteiger partial charge in [-0.25, -0.2) is 0 Å². The van der Waals surface area contributed by atoms with Crippen molar-refractivity contribution in [3.05, 3.63) is 0 Å². The van der Waals surface area contributed by atoms with Crippen LogP contribution in [0.4, 0.5) is 0 Å². The summed E-state index contributed by atoms with van der Waals surface area (Å²) in [6.45, 7) is 12.2. The van der Waals surface area contributed by atoms with Crippen molar-refractivity contribution in [1.29, 1.82) is 0 Å². The van der Waals surface area contributed by atoms with Crippen LogP contribution >= 0.6 is 0 Å². The molecule has 0 amide bonds. The first-order chi connectivity index (χ1) is 7.24. The van der Waals surface area contributed by atoms with Gasteiger partial charge in [-0.2, -0.15) is 0 Å². The topological polar surface area (TPSA) is 64.1 Å². The first-order valence-corrected chi connectivity index (χ1v) is 6.35. The van der Waals surface area contributed by atoms with E-state index in [-0.39, 0.29) is 0 Å². The molecule has 0 radical (unpaired) electrons. The number of hydrogen-bond acceptors (Lipinski definition) is 3. The Labute approximate surface area is 97.0 Å². The van der Waals surface area contributed by atoms with Crippen molar-refractivity contribution in [2.24, 2.45) is 11.5 Å². The summed E-state index contributed by atoms with van der Waals surface area (Å²) in [5.41, 5.74) is 10.2. The van der Waals surface area contributed by atoms with Gasteiger partial charge < -0.3 is 16.8 Å². The SMILES string of the molecule is CCCC.CCCN.CCCNCCN. The average molecular weight is 219 g/mol. The summed E-state index contributed by atoms with van der Waals surface area (Å²) in [6.07, 6.45) is 4.93. The molecule has 3 heteroatoms. The zero-order valence-corrected chi connectivity index (χ0v) is 11.3. The van der Waals surface area contributed by atoms with Gasteiger partial charge in [-0.1, -0.05) is 40.5 Å². The number of nitrogens with two attached hydrogens (primary N) is 2. The summed E-state index contributed by atoms with van der Waals surface area (Å²) in [6, 6.07) is 0. The lowest BCUT2D eigenvalue weighted by molar-refractivity contribution is 0.678. The molecule has 0 fully saturated rings. The Kier molecular flexibility index (Phi) is 39.5. The third-order valence-corrected chi connectivity index (χ3v) is 1.54. The van der Waals surface area contributed by atoms with E-state index in [0.717, 1.165) is 32.6 Å². The Balaban J connectivity index is -0.000000155. The Morgan fingerprint density at radius 1 is 0.667 bits per heavy atom. The second-order valence-electron chi connectivity index (χ2n) is 3.33. The van der Waals surface area contributed by atoms with Gasteiger partial charge in [-0.15, -0.1) is 0 Å². The highest BCUT2D eigenvalue weighted by Crippen LogP contribution is 1.76. The third kappa shape index (κ3) is 56.7. The molecule has 0 saturated carbocycles. The molecule has 0 spiro atoms. The quantitative estimate of drug-likeness (QED) is 0.600. The minimum atomic E-state index is 0.750. The van der Waals surface area contributed by atoms with E-state index in [9.17, 15) is 0 Å². The predicted molar refractivity (Wildman–Crippen MR) is 72.1 cm³/mol. The van der Waals surface area contributed by atoms with Crippen LogP contribution in [0.25, 0.3) is 0 Å². The molecule has 0 rings (SSSR count). The molecule has 0 unspecified atom stereocenters. The summed E-state index contributed by atoms with van der Waals surface area (Å²) in [4.78, 5) is 0.